The maximum absolute atomic E-state index is 6.39. The van der Waals surface area contributed by atoms with Gasteiger partial charge in [-0.25, -0.2) is 0 Å². The first-order chi connectivity index (χ1) is 9.44. The van der Waals surface area contributed by atoms with Crippen LogP contribution >= 0.6 is 11.6 Å². The van der Waals surface area contributed by atoms with Crippen molar-refractivity contribution in [2.75, 3.05) is 0 Å². The molecule has 1 aromatic carbocycles. The van der Waals surface area contributed by atoms with Crippen molar-refractivity contribution in [2.24, 2.45) is 0 Å². The number of rotatable bonds is 1. The second kappa shape index (κ2) is 4.87. The van der Waals surface area contributed by atoms with Crippen LogP contribution in [0.15, 0.2) is 18.3 Å². The minimum absolute atomic E-state index is 0.642. The first-order valence-corrected chi connectivity index (χ1v) is 10.8. The number of aromatic nitrogens is 2. The summed E-state index contributed by atoms with van der Waals surface area (Å²) in [5, 5.41) is 10.2. The molecule has 1 saturated carbocycles. The van der Waals surface area contributed by atoms with E-state index >= 15 is 0 Å². The minimum Gasteiger partial charge on any atom is -0.158 e. The summed E-state index contributed by atoms with van der Waals surface area (Å²) < 4.78 is 0. The molecule has 1 fully saturated rings. The third-order valence-electron chi connectivity index (χ3n) is 3.35. The van der Waals surface area contributed by atoms with Crippen LogP contribution in [0.1, 0.15) is 29.9 Å². The number of fused-ring (bicyclic) bond motifs is 1. The van der Waals surface area contributed by atoms with Gasteiger partial charge in [0.15, 0.2) is 0 Å². The molecular weight excluding hydrogens is 284 g/mol. The zero-order valence-corrected chi connectivity index (χ0v) is 13.8. The van der Waals surface area contributed by atoms with E-state index in [1.165, 1.54) is 18.4 Å². The molecular formula is C16H17ClN2Si. The lowest BCUT2D eigenvalue weighted by Gasteiger charge is -2.07. The molecule has 0 unspecified atom stereocenters. The van der Waals surface area contributed by atoms with Crippen LogP contribution in [-0.4, -0.2) is 18.3 Å². The number of benzene rings is 1. The Balaban J connectivity index is 2.12. The summed E-state index contributed by atoms with van der Waals surface area (Å²) >= 11 is 6.39. The van der Waals surface area contributed by atoms with Gasteiger partial charge in [0.05, 0.1) is 16.7 Å². The molecule has 0 radical (unpaired) electrons. The van der Waals surface area contributed by atoms with Gasteiger partial charge in [-0.3, -0.25) is 0 Å². The van der Waals surface area contributed by atoms with Crippen LogP contribution in [0.3, 0.4) is 0 Å². The predicted octanol–water partition coefficient (Wildman–Crippen LogP) is 4.39. The lowest BCUT2D eigenvalue weighted by Crippen LogP contribution is -2.16. The molecule has 1 aliphatic carbocycles. The zero-order valence-electron chi connectivity index (χ0n) is 12.0. The lowest BCUT2D eigenvalue weighted by molar-refractivity contribution is 1.02. The molecule has 2 aromatic rings. The van der Waals surface area contributed by atoms with Gasteiger partial charge in [-0.2, -0.15) is 10.2 Å². The van der Waals surface area contributed by atoms with E-state index in [0.717, 1.165) is 21.5 Å². The summed E-state index contributed by atoms with van der Waals surface area (Å²) in [5.74, 6) is 3.86. The Labute approximate surface area is 125 Å². The second-order valence-electron chi connectivity index (χ2n) is 6.42. The van der Waals surface area contributed by atoms with Gasteiger partial charge in [0.1, 0.15) is 8.07 Å². The molecule has 102 valence electrons. The summed E-state index contributed by atoms with van der Waals surface area (Å²) in [6, 6.07) is 3.98. The van der Waals surface area contributed by atoms with Crippen molar-refractivity contribution in [2.45, 2.75) is 38.4 Å². The Morgan fingerprint density at radius 1 is 1.25 bits per heavy atom. The van der Waals surface area contributed by atoms with Gasteiger partial charge in [0.25, 0.3) is 0 Å². The summed E-state index contributed by atoms with van der Waals surface area (Å²) in [7, 11) is -1.41. The molecule has 0 N–H and O–H groups in total. The third-order valence-corrected chi connectivity index (χ3v) is 4.54. The van der Waals surface area contributed by atoms with E-state index in [1.807, 2.05) is 18.3 Å². The molecule has 20 heavy (non-hydrogen) atoms. The quantitative estimate of drug-likeness (QED) is 0.576. The Kier molecular flexibility index (Phi) is 3.31. The number of hydrogen-bond acceptors (Lipinski definition) is 2. The molecule has 4 heteroatoms. The minimum atomic E-state index is -1.41. The maximum Gasteiger partial charge on any atom is 0.129 e. The van der Waals surface area contributed by atoms with Gasteiger partial charge in [-0.15, -0.1) is 5.54 Å². The van der Waals surface area contributed by atoms with E-state index in [2.05, 4.69) is 41.3 Å². The van der Waals surface area contributed by atoms with Crippen LogP contribution in [-0.2, 0) is 0 Å². The zero-order chi connectivity index (χ0) is 14.3. The molecule has 0 spiro atoms. The van der Waals surface area contributed by atoms with Crippen molar-refractivity contribution < 1.29 is 0 Å². The summed E-state index contributed by atoms with van der Waals surface area (Å²) in [6.45, 7) is 6.67. The summed E-state index contributed by atoms with van der Waals surface area (Å²) in [6.07, 6.45) is 4.37. The Hall–Kier alpha value is -1.37. The highest BCUT2D eigenvalue weighted by atomic mass is 35.5. The fourth-order valence-electron chi connectivity index (χ4n) is 2.17. The van der Waals surface area contributed by atoms with E-state index in [1.54, 1.807) is 0 Å². The molecule has 1 aliphatic rings. The fourth-order valence-corrected chi connectivity index (χ4v) is 2.89. The molecule has 0 aliphatic heterocycles. The Morgan fingerprint density at radius 3 is 2.65 bits per heavy atom. The van der Waals surface area contributed by atoms with Crippen molar-refractivity contribution in [1.29, 1.82) is 0 Å². The van der Waals surface area contributed by atoms with Gasteiger partial charge in [0, 0.05) is 10.9 Å². The van der Waals surface area contributed by atoms with E-state index in [4.69, 9.17) is 11.6 Å². The van der Waals surface area contributed by atoms with Crippen molar-refractivity contribution >= 4 is 30.6 Å². The second-order valence-corrected chi connectivity index (χ2v) is 11.6. The summed E-state index contributed by atoms with van der Waals surface area (Å²) in [5.41, 5.74) is 6.40. The molecule has 0 amide bonds. The van der Waals surface area contributed by atoms with Crippen molar-refractivity contribution in [3.8, 4) is 11.5 Å². The number of halogens is 1. The highest BCUT2D eigenvalue weighted by Gasteiger charge is 2.26. The molecule has 1 aromatic heterocycles. The first kappa shape index (κ1) is 13.6. The van der Waals surface area contributed by atoms with Crippen LogP contribution in [0.4, 0.5) is 0 Å². The average Bonchev–Trinajstić information content (AvgIpc) is 3.19. The van der Waals surface area contributed by atoms with Crippen LogP contribution < -0.4 is 0 Å². The molecule has 0 atom stereocenters. The van der Waals surface area contributed by atoms with Crippen molar-refractivity contribution in [3.63, 3.8) is 0 Å². The number of nitrogens with zero attached hydrogens (tertiary/aromatic N) is 2. The Morgan fingerprint density at radius 2 is 2.00 bits per heavy atom. The molecule has 3 rings (SSSR count). The van der Waals surface area contributed by atoms with E-state index in [-0.39, 0.29) is 0 Å². The topological polar surface area (TPSA) is 25.8 Å². The highest BCUT2D eigenvalue weighted by molar-refractivity contribution is 6.83. The van der Waals surface area contributed by atoms with Gasteiger partial charge in [0.2, 0.25) is 0 Å². The molecule has 2 nitrogen and oxygen atoms in total. The monoisotopic (exact) mass is 300 g/mol. The van der Waals surface area contributed by atoms with Gasteiger partial charge in [-0.05, 0) is 36.5 Å². The third kappa shape index (κ3) is 2.87. The van der Waals surface area contributed by atoms with Crippen LogP contribution in [0, 0.1) is 11.5 Å². The van der Waals surface area contributed by atoms with Gasteiger partial charge in [-0.1, -0.05) is 37.2 Å². The number of hydrogen-bond donors (Lipinski definition) is 0. The van der Waals surface area contributed by atoms with Crippen LogP contribution in [0.5, 0.6) is 0 Å². The molecule has 0 bridgehead atoms. The SMILES string of the molecule is C[Si](C)(C)C#Cc1cc2nncc(C3CC3)c2cc1Cl. The van der Waals surface area contributed by atoms with Crippen LogP contribution in [0.25, 0.3) is 10.9 Å². The maximum atomic E-state index is 6.39. The standard InChI is InChI=1S/C16H17ClN2Si/c1-20(2,3)7-6-12-8-16-13(9-15(12)17)14(10-18-19-16)11-4-5-11/h8-11H,4-5H2,1-3H3. The van der Waals surface area contributed by atoms with E-state index in [0.29, 0.717) is 5.92 Å². The van der Waals surface area contributed by atoms with Gasteiger partial charge >= 0.3 is 0 Å². The predicted molar refractivity (Wildman–Crippen MR) is 86.7 cm³/mol. The largest absolute Gasteiger partial charge is 0.158 e. The van der Waals surface area contributed by atoms with E-state index < -0.39 is 8.07 Å². The first-order valence-electron chi connectivity index (χ1n) is 6.92. The summed E-state index contributed by atoms with van der Waals surface area (Å²) in [4.78, 5) is 0. The molecule has 1 heterocycles. The van der Waals surface area contributed by atoms with Gasteiger partial charge < -0.3 is 0 Å². The smallest absolute Gasteiger partial charge is 0.129 e. The lowest BCUT2D eigenvalue weighted by atomic mass is 10.1. The van der Waals surface area contributed by atoms with Crippen LogP contribution in [0.2, 0.25) is 24.7 Å². The average molecular weight is 301 g/mol. The molecule has 0 saturated heterocycles. The fraction of sp³-hybridized carbons (Fsp3) is 0.375. The Bertz CT molecular complexity index is 734. The van der Waals surface area contributed by atoms with Crippen molar-refractivity contribution in [1.82, 2.24) is 10.2 Å². The van der Waals surface area contributed by atoms with Crippen molar-refractivity contribution in [3.05, 3.63) is 34.5 Å². The van der Waals surface area contributed by atoms with E-state index in [9.17, 15) is 0 Å². The highest BCUT2D eigenvalue weighted by Crippen LogP contribution is 2.42. The normalized spacial score (nSPS) is 15.0.